The number of piperidine rings is 1. The van der Waals surface area contributed by atoms with Crippen molar-refractivity contribution < 1.29 is 19.2 Å². The second kappa shape index (κ2) is 4.22. The molecule has 0 aliphatic carbocycles. The third-order valence-electron chi connectivity index (χ3n) is 3.42. The molecule has 2 aliphatic rings. The minimum absolute atomic E-state index is 0.0605. The lowest BCUT2D eigenvalue weighted by Crippen LogP contribution is -2.54. The summed E-state index contributed by atoms with van der Waals surface area (Å²) in [5.41, 5.74) is 1.03. The van der Waals surface area contributed by atoms with Gasteiger partial charge >= 0.3 is 0 Å². The Bertz CT molecular complexity index is 668. The van der Waals surface area contributed by atoms with Crippen molar-refractivity contribution in [3.05, 3.63) is 29.1 Å². The quantitative estimate of drug-likeness (QED) is 0.714. The topological polar surface area (TPSA) is 96.4 Å². The van der Waals surface area contributed by atoms with Crippen LogP contribution in [0.1, 0.15) is 39.3 Å². The highest BCUT2D eigenvalue weighted by atomic mass is 16.2. The first-order valence-corrected chi connectivity index (χ1v) is 6.17. The Labute approximate surface area is 114 Å². The molecule has 1 saturated heterocycles. The van der Waals surface area contributed by atoms with Gasteiger partial charge in [0, 0.05) is 12.6 Å². The minimum Gasteiger partial charge on any atom is -0.295 e. The monoisotopic (exact) mass is 273 g/mol. The summed E-state index contributed by atoms with van der Waals surface area (Å²) in [4.78, 5) is 52.3. The number of rotatable bonds is 1. The van der Waals surface area contributed by atoms with Crippen LogP contribution in [-0.4, -0.2) is 39.6 Å². The number of nitrogens with one attached hydrogen (secondary N) is 1. The Morgan fingerprint density at radius 2 is 2.00 bits per heavy atom. The molecule has 1 atom stereocenters. The van der Waals surface area contributed by atoms with Gasteiger partial charge in [0.15, 0.2) is 0 Å². The molecule has 1 N–H and O–H groups in total. The fraction of sp³-hybridized carbons (Fsp3) is 0.308. The average Bonchev–Trinajstić information content (AvgIpc) is 2.63. The van der Waals surface area contributed by atoms with E-state index in [4.69, 9.17) is 0 Å². The molecule has 2 aliphatic heterocycles. The number of hydrogen-bond acceptors (Lipinski definition) is 5. The molecule has 1 aromatic rings. The van der Waals surface area contributed by atoms with Gasteiger partial charge in [-0.3, -0.25) is 29.4 Å². The smallest absolute Gasteiger partial charge is 0.280 e. The average molecular weight is 273 g/mol. The van der Waals surface area contributed by atoms with E-state index in [-0.39, 0.29) is 24.1 Å². The van der Waals surface area contributed by atoms with Gasteiger partial charge in [-0.15, -0.1) is 0 Å². The van der Waals surface area contributed by atoms with Crippen LogP contribution in [-0.2, 0) is 9.59 Å². The van der Waals surface area contributed by atoms with Gasteiger partial charge in [0.25, 0.3) is 11.8 Å². The van der Waals surface area contributed by atoms with Gasteiger partial charge in [-0.05, 0) is 25.0 Å². The summed E-state index contributed by atoms with van der Waals surface area (Å²) in [6.45, 7) is 1.76. The van der Waals surface area contributed by atoms with E-state index in [0.29, 0.717) is 0 Å². The zero-order chi connectivity index (χ0) is 14.4. The molecular weight excluding hydrogens is 262 g/mol. The van der Waals surface area contributed by atoms with Crippen LogP contribution in [0.2, 0.25) is 0 Å². The fourth-order valence-corrected chi connectivity index (χ4v) is 2.45. The van der Waals surface area contributed by atoms with Gasteiger partial charge < -0.3 is 0 Å². The number of aryl methyl sites for hydroxylation is 1. The molecule has 1 unspecified atom stereocenters. The fourth-order valence-electron chi connectivity index (χ4n) is 2.45. The largest absolute Gasteiger partial charge is 0.295 e. The van der Waals surface area contributed by atoms with Crippen LogP contribution in [0.5, 0.6) is 0 Å². The molecule has 1 aromatic heterocycles. The molecule has 7 heteroatoms. The summed E-state index contributed by atoms with van der Waals surface area (Å²) in [5.74, 6) is -2.13. The van der Waals surface area contributed by atoms with E-state index in [0.717, 1.165) is 10.5 Å². The maximum Gasteiger partial charge on any atom is 0.280 e. The molecular formula is C13H11N3O4. The molecule has 1 fully saturated rings. The van der Waals surface area contributed by atoms with Crippen LogP contribution >= 0.6 is 0 Å². The first kappa shape index (κ1) is 12.5. The normalized spacial score (nSPS) is 22.1. The number of amides is 4. The Balaban J connectivity index is 1.97. The van der Waals surface area contributed by atoms with Crippen molar-refractivity contribution >= 4 is 23.6 Å². The molecule has 20 heavy (non-hydrogen) atoms. The minimum atomic E-state index is -0.942. The number of nitrogens with zero attached hydrogens (tertiary/aromatic N) is 2. The highest BCUT2D eigenvalue weighted by Gasteiger charge is 2.45. The van der Waals surface area contributed by atoms with E-state index in [2.05, 4.69) is 10.3 Å². The van der Waals surface area contributed by atoms with Gasteiger partial charge in [0.1, 0.15) is 11.7 Å². The lowest BCUT2D eigenvalue weighted by molar-refractivity contribution is -0.136. The van der Waals surface area contributed by atoms with Gasteiger partial charge in [-0.25, -0.2) is 4.98 Å². The van der Waals surface area contributed by atoms with Gasteiger partial charge in [-0.1, -0.05) is 0 Å². The number of hydrogen-bond donors (Lipinski definition) is 1. The van der Waals surface area contributed by atoms with Crippen molar-refractivity contribution in [3.8, 4) is 0 Å². The van der Waals surface area contributed by atoms with Crippen LogP contribution in [0.3, 0.4) is 0 Å². The number of pyridine rings is 1. The molecule has 102 valence electrons. The molecule has 0 saturated carbocycles. The van der Waals surface area contributed by atoms with Gasteiger partial charge in [0.05, 0.1) is 5.56 Å². The Hall–Kier alpha value is -2.57. The van der Waals surface area contributed by atoms with Crippen molar-refractivity contribution in [1.29, 1.82) is 0 Å². The van der Waals surface area contributed by atoms with E-state index in [1.807, 2.05) is 0 Å². The number of carbonyl (C=O) groups is 4. The second-order valence-corrected chi connectivity index (χ2v) is 4.86. The summed E-state index contributed by atoms with van der Waals surface area (Å²) < 4.78 is 0. The number of carbonyl (C=O) groups excluding carboxylic acids is 4. The van der Waals surface area contributed by atoms with Crippen molar-refractivity contribution in [3.63, 3.8) is 0 Å². The lowest BCUT2D eigenvalue weighted by atomic mass is 10.0. The SMILES string of the molecule is Cc1cnc2c(c1)C(=O)N(C1CCC(=O)NC1=O)C2=O. The van der Waals surface area contributed by atoms with Gasteiger partial charge in [-0.2, -0.15) is 0 Å². The third kappa shape index (κ3) is 1.70. The standard InChI is InChI=1S/C13H11N3O4/c1-6-4-7-10(14-5-6)13(20)16(12(7)19)8-2-3-9(17)15-11(8)18/h4-5,8H,2-3H2,1H3,(H,15,17,18). The van der Waals surface area contributed by atoms with Crippen LogP contribution in [0, 0.1) is 6.92 Å². The maximum atomic E-state index is 12.3. The molecule has 0 radical (unpaired) electrons. The van der Waals surface area contributed by atoms with Crippen molar-refractivity contribution in [2.24, 2.45) is 0 Å². The molecule has 7 nitrogen and oxygen atoms in total. The molecule has 4 amide bonds. The molecule has 0 aromatic carbocycles. The Kier molecular flexibility index (Phi) is 2.63. The Morgan fingerprint density at radius 1 is 1.25 bits per heavy atom. The Morgan fingerprint density at radius 3 is 2.70 bits per heavy atom. The summed E-state index contributed by atoms with van der Waals surface area (Å²) in [7, 11) is 0. The van der Waals surface area contributed by atoms with Crippen molar-refractivity contribution in [1.82, 2.24) is 15.2 Å². The van der Waals surface area contributed by atoms with E-state index >= 15 is 0 Å². The van der Waals surface area contributed by atoms with Crippen LogP contribution in [0.25, 0.3) is 0 Å². The van der Waals surface area contributed by atoms with Crippen molar-refractivity contribution in [2.75, 3.05) is 0 Å². The van der Waals surface area contributed by atoms with E-state index < -0.39 is 29.7 Å². The predicted molar refractivity (Wildman–Crippen MR) is 65.6 cm³/mol. The third-order valence-corrected chi connectivity index (χ3v) is 3.42. The zero-order valence-electron chi connectivity index (χ0n) is 10.7. The molecule has 3 heterocycles. The van der Waals surface area contributed by atoms with Crippen LogP contribution in [0.4, 0.5) is 0 Å². The van der Waals surface area contributed by atoms with Crippen LogP contribution in [0.15, 0.2) is 12.3 Å². The first-order chi connectivity index (χ1) is 9.49. The van der Waals surface area contributed by atoms with E-state index in [9.17, 15) is 19.2 Å². The summed E-state index contributed by atoms with van der Waals surface area (Å²) in [5, 5.41) is 2.14. The number of imide groups is 2. The van der Waals surface area contributed by atoms with Crippen molar-refractivity contribution in [2.45, 2.75) is 25.8 Å². The van der Waals surface area contributed by atoms with Crippen LogP contribution < -0.4 is 5.32 Å². The summed E-state index contributed by atoms with van der Waals surface area (Å²) in [6, 6.07) is 0.635. The predicted octanol–water partition coefficient (Wildman–Crippen LogP) is -0.209. The number of fused-ring (bicyclic) bond motifs is 1. The highest BCUT2D eigenvalue weighted by Crippen LogP contribution is 2.26. The molecule has 0 bridgehead atoms. The first-order valence-electron chi connectivity index (χ1n) is 6.17. The second-order valence-electron chi connectivity index (χ2n) is 4.86. The summed E-state index contributed by atoms with van der Waals surface area (Å²) in [6.07, 6.45) is 1.75. The number of aromatic nitrogens is 1. The van der Waals surface area contributed by atoms with E-state index in [1.54, 1.807) is 13.0 Å². The maximum absolute atomic E-state index is 12.3. The van der Waals surface area contributed by atoms with E-state index in [1.165, 1.54) is 6.20 Å². The lowest BCUT2D eigenvalue weighted by Gasteiger charge is -2.27. The van der Waals surface area contributed by atoms with Gasteiger partial charge in [0.2, 0.25) is 11.8 Å². The molecule has 0 spiro atoms. The zero-order valence-corrected chi connectivity index (χ0v) is 10.7. The molecule has 3 rings (SSSR count). The highest BCUT2D eigenvalue weighted by molar-refractivity contribution is 6.22. The summed E-state index contributed by atoms with van der Waals surface area (Å²) >= 11 is 0.